The Bertz CT molecular complexity index is 557. The van der Waals surface area contributed by atoms with Crippen LogP contribution in [-0.2, 0) is 14.3 Å². The van der Waals surface area contributed by atoms with E-state index < -0.39 is 11.9 Å². The summed E-state index contributed by atoms with van der Waals surface area (Å²) in [7, 11) is 0. The van der Waals surface area contributed by atoms with Crippen LogP contribution in [0.2, 0.25) is 0 Å². The molecule has 0 heterocycles. The predicted molar refractivity (Wildman–Crippen MR) is 75.5 cm³/mol. The maximum atomic E-state index is 11.3. The molecule has 0 saturated carbocycles. The van der Waals surface area contributed by atoms with E-state index in [1.807, 2.05) is 0 Å². The Hall–Kier alpha value is -2.99. The molecule has 0 atom stereocenters. The van der Waals surface area contributed by atoms with Crippen molar-refractivity contribution in [3.63, 3.8) is 0 Å². The monoisotopic (exact) mass is 288 g/mol. The molecule has 0 aromatic carbocycles. The van der Waals surface area contributed by atoms with Crippen LogP contribution in [0.15, 0.2) is 47.5 Å². The van der Waals surface area contributed by atoms with Crippen molar-refractivity contribution < 1.29 is 19.4 Å². The summed E-state index contributed by atoms with van der Waals surface area (Å²) in [4.78, 5) is 11.3. The van der Waals surface area contributed by atoms with Crippen molar-refractivity contribution in [2.45, 2.75) is 13.8 Å². The fourth-order valence-electron chi connectivity index (χ4n) is 1.10. The van der Waals surface area contributed by atoms with Gasteiger partial charge in [0.15, 0.2) is 0 Å². The second-order valence-electron chi connectivity index (χ2n) is 3.42. The highest BCUT2D eigenvalue weighted by molar-refractivity contribution is 5.93. The van der Waals surface area contributed by atoms with Gasteiger partial charge in [0.05, 0.1) is 13.2 Å². The molecule has 0 aromatic rings. The summed E-state index contributed by atoms with van der Waals surface area (Å²) in [5, 5.41) is 26.9. The van der Waals surface area contributed by atoms with Crippen LogP contribution in [-0.4, -0.2) is 24.3 Å². The van der Waals surface area contributed by atoms with Crippen LogP contribution in [0, 0.1) is 22.7 Å². The zero-order valence-corrected chi connectivity index (χ0v) is 11.9. The predicted octanol–water partition coefficient (Wildman–Crippen LogP) is 2.44. The van der Waals surface area contributed by atoms with Gasteiger partial charge in [-0.15, -0.1) is 0 Å². The highest BCUT2D eigenvalue weighted by atomic mass is 16.6. The third kappa shape index (κ3) is 7.24. The topological polar surface area (TPSA) is 103 Å². The Labute approximate surface area is 123 Å². The molecule has 0 aliphatic rings. The van der Waals surface area contributed by atoms with E-state index in [1.165, 1.54) is 30.4 Å². The minimum absolute atomic E-state index is 0.0311. The Morgan fingerprint density at radius 2 is 1.76 bits per heavy atom. The summed E-state index contributed by atoms with van der Waals surface area (Å²) in [5.74, 6) is -1.15. The lowest BCUT2D eigenvalue weighted by atomic mass is 10.2. The van der Waals surface area contributed by atoms with Crippen LogP contribution < -0.4 is 0 Å². The van der Waals surface area contributed by atoms with Gasteiger partial charge in [0.2, 0.25) is 0 Å². The molecule has 0 rings (SSSR count). The molecule has 6 nitrogen and oxygen atoms in total. The molecule has 0 aliphatic heterocycles. The van der Waals surface area contributed by atoms with E-state index in [2.05, 4.69) is 4.74 Å². The molecule has 0 spiro atoms. The van der Waals surface area contributed by atoms with Gasteiger partial charge in [-0.25, -0.2) is 4.79 Å². The SMILES string of the molecule is CCOC(=O)C(C#N)=CC=CC=C/C(C#N)=C(\O)OCC. The molecule has 0 unspecified atom stereocenters. The smallest absolute Gasteiger partial charge is 0.348 e. The first-order valence-electron chi connectivity index (χ1n) is 6.19. The number of esters is 1. The summed E-state index contributed by atoms with van der Waals surface area (Å²) < 4.78 is 9.47. The van der Waals surface area contributed by atoms with E-state index in [9.17, 15) is 9.90 Å². The number of aliphatic hydroxyl groups is 1. The van der Waals surface area contributed by atoms with Crippen LogP contribution >= 0.6 is 0 Å². The molecule has 0 radical (unpaired) electrons. The number of allylic oxidation sites excluding steroid dienone is 6. The Balaban J connectivity index is 4.81. The van der Waals surface area contributed by atoms with Gasteiger partial charge in [-0.3, -0.25) is 0 Å². The molecular formula is C15H16N2O4. The molecule has 6 heteroatoms. The lowest BCUT2D eigenvalue weighted by Gasteiger charge is -2.00. The molecule has 0 aromatic heterocycles. The fraction of sp³-hybridized carbons (Fsp3) is 0.267. The van der Waals surface area contributed by atoms with Gasteiger partial charge >= 0.3 is 5.97 Å². The van der Waals surface area contributed by atoms with Crippen molar-refractivity contribution in [1.29, 1.82) is 10.5 Å². The average molecular weight is 288 g/mol. The van der Waals surface area contributed by atoms with Crippen LogP contribution in [0.1, 0.15) is 13.8 Å². The molecule has 0 fully saturated rings. The number of nitriles is 2. The average Bonchev–Trinajstić information content (AvgIpc) is 2.47. The molecule has 0 amide bonds. The van der Waals surface area contributed by atoms with Crippen LogP contribution in [0.4, 0.5) is 0 Å². The maximum Gasteiger partial charge on any atom is 0.348 e. The van der Waals surface area contributed by atoms with Crippen LogP contribution in [0.5, 0.6) is 0 Å². The fourth-order valence-corrected chi connectivity index (χ4v) is 1.10. The molecule has 0 aliphatic carbocycles. The summed E-state index contributed by atoms with van der Waals surface area (Å²) >= 11 is 0. The largest absolute Gasteiger partial charge is 0.480 e. The first kappa shape index (κ1) is 18.0. The Kier molecular flexibility index (Phi) is 9.34. The van der Waals surface area contributed by atoms with Gasteiger partial charge in [0, 0.05) is 0 Å². The lowest BCUT2D eigenvalue weighted by Crippen LogP contribution is -2.05. The first-order valence-corrected chi connectivity index (χ1v) is 6.19. The highest BCUT2D eigenvalue weighted by Crippen LogP contribution is 2.04. The van der Waals surface area contributed by atoms with E-state index in [-0.39, 0.29) is 24.4 Å². The number of ether oxygens (including phenoxy) is 2. The van der Waals surface area contributed by atoms with Gasteiger partial charge in [-0.2, -0.15) is 10.5 Å². The third-order valence-electron chi connectivity index (χ3n) is 2.00. The number of carbonyl (C=O) groups excluding carboxylic acids is 1. The van der Waals surface area contributed by atoms with Crippen molar-refractivity contribution in [1.82, 2.24) is 0 Å². The quantitative estimate of drug-likeness (QED) is 0.254. The number of carbonyl (C=O) groups is 1. The van der Waals surface area contributed by atoms with Crippen molar-refractivity contribution in [3.8, 4) is 12.1 Å². The van der Waals surface area contributed by atoms with Crippen LogP contribution in [0.25, 0.3) is 0 Å². The zero-order valence-electron chi connectivity index (χ0n) is 11.9. The van der Waals surface area contributed by atoms with Gasteiger partial charge in [-0.05, 0) is 26.0 Å². The molecule has 0 bridgehead atoms. The number of rotatable bonds is 7. The molecule has 21 heavy (non-hydrogen) atoms. The second kappa shape index (κ2) is 10.9. The van der Waals surface area contributed by atoms with Crippen molar-refractivity contribution in [3.05, 3.63) is 47.5 Å². The highest BCUT2D eigenvalue weighted by Gasteiger charge is 2.07. The number of nitrogens with zero attached hydrogens (tertiary/aromatic N) is 2. The molecule has 1 N–H and O–H groups in total. The number of hydrogen-bond donors (Lipinski definition) is 1. The van der Waals surface area contributed by atoms with Crippen molar-refractivity contribution in [2.24, 2.45) is 0 Å². The molecule has 0 saturated heterocycles. The summed E-state index contributed by atoms with van der Waals surface area (Å²) in [6.45, 7) is 3.76. The Morgan fingerprint density at radius 3 is 2.29 bits per heavy atom. The molecular weight excluding hydrogens is 272 g/mol. The first-order chi connectivity index (χ1) is 10.1. The Morgan fingerprint density at radius 1 is 1.10 bits per heavy atom. The van der Waals surface area contributed by atoms with E-state index in [1.54, 1.807) is 26.0 Å². The van der Waals surface area contributed by atoms with Gasteiger partial charge in [0.25, 0.3) is 5.95 Å². The van der Waals surface area contributed by atoms with E-state index >= 15 is 0 Å². The normalized spacial score (nSPS) is 12.7. The standard InChI is InChI=1S/C15H16N2O4/c1-3-20-14(18)12(10-16)8-6-5-7-9-13(11-17)15(19)21-4-2/h5-9,18H,3-4H2,1-2H3/b7-5?,8-6?,13-9?,14-12-. The van der Waals surface area contributed by atoms with E-state index in [0.29, 0.717) is 0 Å². The minimum atomic E-state index is -0.694. The number of hydrogen-bond acceptors (Lipinski definition) is 6. The summed E-state index contributed by atoms with van der Waals surface area (Å²) in [6.07, 6.45) is 7.03. The summed E-state index contributed by atoms with van der Waals surface area (Å²) in [5.41, 5.74) is -0.161. The lowest BCUT2D eigenvalue weighted by molar-refractivity contribution is -0.138. The van der Waals surface area contributed by atoms with Crippen molar-refractivity contribution >= 4 is 5.97 Å². The maximum absolute atomic E-state index is 11.3. The minimum Gasteiger partial charge on any atom is -0.480 e. The van der Waals surface area contributed by atoms with Crippen molar-refractivity contribution in [2.75, 3.05) is 13.2 Å². The van der Waals surface area contributed by atoms with Gasteiger partial charge < -0.3 is 14.6 Å². The summed E-state index contributed by atoms with van der Waals surface area (Å²) in [6, 6.07) is 3.50. The third-order valence-corrected chi connectivity index (χ3v) is 2.00. The van der Waals surface area contributed by atoms with Gasteiger partial charge in [-0.1, -0.05) is 18.2 Å². The van der Waals surface area contributed by atoms with E-state index in [4.69, 9.17) is 15.3 Å². The zero-order chi connectivity index (χ0) is 16.1. The van der Waals surface area contributed by atoms with Gasteiger partial charge in [0.1, 0.15) is 23.3 Å². The van der Waals surface area contributed by atoms with E-state index in [0.717, 1.165) is 0 Å². The van der Waals surface area contributed by atoms with Crippen LogP contribution in [0.3, 0.4) is 0 Å². The molecule has 110 valence electrons. The number of aliphatic hydroxyl groups excluding tert-OH is 1. The second-order valence-corrected chi connectivity index (χ2v) is 3.42.